The largest absolute Gasteiger partial charge is 0.282 e. The summed E-state index contributed by atoms with van der Waals surface area (Å²) in [5.74, 6) is 0. The van der Waals surface area contributed by atoms with Crippen LogP contribution in [0.25, 0.3) is 11.3 Å². The fraction of sp³-hybridized carbons (Fsp3) is 0.0625. The average molecular weight is 358 g/mol. The van der Waals surface area contributed by atoms with Crippen LogP contribution in [-0.4, -0.2) is 15.1 Å². The zero-order chi connectivity index (χ0) is 15.5. The Balaban J connectivity index is 1.81. The highest BCUT2D eigenvalue weighted by atomic mass is 79.9. The highest BCUT2D eigenvalue weighted by Gasteiger charge is 2.09. The lowest BCUT2D eigenvalue weighted by Gasteiger charge is -2.01. The number of H-pyrrole nitrogens is 1. The van der Waals surface area contributed by atoms with Gasteiger partial charge in [0.25, 0.3) is 5.69 Å². The van der Waals surface area contributed by atoms with Crippen molar-refractivity contribution in [1.82, 2.24) is 10.2 Å². The molecule has 0 saturated carbocycles. The van der Waals surface area contributed by atoms with Crippen molar-refractivity contribution in [2.24, 2.45) is 0 Å². The molecular weight excluding hydrogens is 346 g/mol. The molecule has 0 aliphatic carbocycles. The molecule has 0 atom stereocenters. The topological polar surface area (TPSA) is 71.8 Å². The van der Waals surface area contributed by atoms with E-state index in [1.54, 1.807) is 12.1 Å². The first kappa shape index (κ1) is 14.5. The lowest BCUT2D eigenvalue weighted by Crippen LogP contribution is -1.89. The molecule has 1 heterocycles. The molecule has 110 valence electrons. The maximum absolute atomic E-state index is 10.7. The number of hydrogen-bond acceptors (Lipinski definition) is 3. The lowest BCUT2D eigenvalue weighted by molar-refractivity contribution is -0.384. The Bertz CT molecular complexity index is 812. The first-order valence-corrected chi connectivity index (χ1v) is 7.45. The monoisotopic (exact) mass is 357 g/mol. The van der Waals surface area contributed by atoms with Crippen LogP contribution in [0.3, 0.4) is 0 Å². The van der Waals surface area contributed by atoms with Gasteiger partial charge in [0, 0.05) is 34.3 Å². The van der Waals surface area contributed by atoms with E-state index in [1.165, 1.54) is 17.7 Å². The van der Waals surface area contributed by atoms with Gasteiger partial charge < -0.3 is 0 Å². The maximum atomic E-state index is 10.7. The summed E-state index contributed by atoms with van der Waals surface area (Å²) in [5.41, 5.74) is 3.85. The summed E-state index contributed by atoms with van der Waals surface area (Å²) in [7, 11) is 0. The summed E-state index contributed by atoms with van der Waals surface area (Å²) in [5, 5.41) is 18.0. The van der Waals surface area contributed by atoms with Crippen LogP contribution in [0.2, 0.25) is 0 Å². The van der Waals surface area contributed by atoms with Crippen LogP contribution in [0.1, 0.15) is 11.3 Å². The molecule has 2 aromatic carbocycles. The molecule has 0 aliphatic rings. The SMILES string of the molecule is O=[N+]([O-])c1ccc(-c2cc(Cc3ccccc3Br)[nH]n2)cc1. The van der Waals surface area contributed by atoms with Crippen LogP contribution in [0.5, 0.6) is 0 Å². The molecule has 1 N–H and O–H groups in total. The van der Waals surface area contributed by atoms with Crippen molar-refractivity contribution in [3.63, 3.8) is 0 Å². The van der Waals surface area contributed by atoms with Gasteiger partial charge in [-0.1, -0.05) is 34.1 Å². The molecule has 3 aromatic rings. The number of aromatic nitrogens is 2. The summed E-state index contributed by atoms with van der Waals surface area (Å²) in [6.07, 6.45) is 0.738. The Morgan fingerprint density at radius 1 is 1.14 bits per heavy atom. The number of benzene rings is 2. The second kappa shape index (κ2) is 6.11. The van der Waals surface area contributed by atoms with Gasteiger partial charge in [-0.15, -0.1) is 0 Å². The standard InChI is InChI=1S/C16H12BrN3O2/c17-15-4-2-1-3-12(15)9-13-10-16(19-18-13)11-5-7-14(8-6-11)20(21)22/h1-8,10H,9H2,(H,18,19). The number of hydrogen-bond donors (Lipinski definition) is 1. The molecule has 3 rings (SSSR count). The summed E-state index contributed by atoms with van der Waals surface area (Å²) in [6.45, 7) is 0. The quantitative estimate of drug-likeness (QED) is 0.557. The molecule has 5 nitrogen and oxygen atoms in total. The molecule has 0 bridgehead atoms. The Morgan fingerprint density at radius 3 is 2.55 bits per heavy atom. The Hall–Kier alpha value is -2.47. The number of nitro groups is 1. The predicted molar refractivity (Wildman–Crippen MR) is 87.6 cm³/mol. The van der Waals surface area contributed by atoms with E-state index in [0.717, 1.165) is 27.8 Å². The third-order valence-electron chi connectivity index (χ3n) is 3.34. The van der Waals surface area contributed by atoms with E-state index in [2.05, 4.69) is 32.2 Å². The lowest BCUT2D eigenvalue weighted by atomic mass is 10.1. The summed E-state index contributed by atoms with van der Waals surface area (Å²) < 4.78 is 1.06. The summed E-state index contributed by atoms with van der Waals surface area (Å²) in [6, 6.07) is 16.4. The number of non-ortho nitro benzene ring substituents is 1. The van der Waals surface area contributed by atoms with Crippen LogP contribution in [0.4, 0.5) is 5.69 Å². The molecule has 0 radical (unpaired) electrons. The van der Waals surface area contributed by atoms with E-state index in [9.17, 15) is 10.1 Å². The number of halogens is 1. The van der Waals surface area contributed by atoms with Gasteiger partial charge in [-0.05, 0) is 29.8 Å². The predicted octanol–water partition coefficient (Wildman–Crippen LogP) is 4.34. The van der Waals surface area contributed by atoms with Gasteiger partial charge in [0.2, 0.25) is 0 Å². The summed E-state index contributed by atoms with van der Waals surface area (Å²) >= 11 is 3.53. The van der Waals surface area contributed by atoms with Gasteiger partial charge in [-0.2, -0.15) is 5.10 Å². The van der Waals surface area contributed by atoms with E-state index in [-0.39, 0.29) is 5.69 Å². The van der Waals surface area contributed by atoms with Gasteiger partial charge in [0.15, 0.2) is 0 Å². The van der Waals surface area contributed by atoms with Crippen LogP contribution in [0, 0.1) is 10.1 Å². The third-order valence-corrected chi connectivity index (χ3v) is 4.12. The van der Waals surface area contributed by atoms with E-state index >= 15 is 0 Å². The Labute approximate surface area is 135 Å². The van der Waals surface area contributed by atoms with Gasteiger partial charge in [0.1, 0.15) is 0 Å². The van der Waals surface area contributed by atoms with Crippen molar-refractivity contribution < 1.29 is 4.92 Å². The first-order valence-electron chi connectivity index (χ1n) is 6.66. The van der Waals surface area contributed by atoms with Crippen LogP contribution >= 0.6 is 15.9 Å². The average Bonchev–Trinajstić information content (AvgIpc) is 2.98. The van der Waals surface area contributed by atoms with Crippen LogP contribution < -0.4 is 0 Å². The van der Waals surface area contributed by atoms with E-state index in [0.29, 0.717) is 0 Å². The number of nitrogens with zero attached hydrogens (tertiary/aromatic N) is 2. The van der Waals surface area contributed by atoms with Crippen molar-refractivity contribution in [2.75, 3.05) is 0 Å². The molecule has 0 unspecified atom stereocenters. The molecule has 1 aromatic heterocycles. The van der Waals surface area contributed by atoms with Crippen LogP contribution in [-0.2, 0) is 6.42 Å². The minimum absolute atomic E-state index is 0.0766. The zero-order valence-corrected chi connectivity index (χ0v) is 13.1. The molecule has 0 fully saturated rings. The second-order valence-electron chi connectivity index (χ2n) is 4.85. The van der Waals surface area contributed by atoms with Crippen molar-refractivity contribution >= 4 is 21.6 Å². The van der Waals surface area contributed by atoms with Gasteiger partial charge in [-0.25, -0.2) is 0 Å². The Kier molecular flexibility index (Phi) is 4.02. The van der Waals surface area contributed by atoms with Gasteiger partial charge >= 0.3 is 0 Å². The number of nitro benzene ring substituents is 1. The second-order valence-corrected chi connectivity index (χ2v) is 5.70. The molecule has 0 spiro atoms. The molecule has 0 aliphatic heterocycles. The maximum Gasteiger partial charge on any atom is 0.269 e. The molecular formula is C16H12BrN3O2. The van der Waals surface area contributed by atoms with Crippen molar-refractivity contribution in [3.05, 3.63) is 80.4 Å². The van der Waals surface area contributed by atoms with Gasteiger partial charge in [-0.3, -0.25) is 15.2 Å². The minimum atomic E-state index is -0.410. The molecule has 0 saturated heterocycles. The summed E-state index contributed by atoms with van der Waals surface area (Å²) in [4.78, 5) is 10.3. The fourth-order valence-electron chi connectivity index (χ4n) is 2.20. The fourth-order valence-corrected chi connectivity index (χ4v) is 2.63. The third kappa shape index (κ3) is 3.07. The Morgan fingerprint density at radius 2 is 1.86 bits per heavy atom. The molecule has 0 amide bonds. The molecule has 6 heteroatoms. The normalized spacial score (nSPS) is 10.6. The smallest absolute Gasteiger partial charge is 0.269 e. The number of aromatic amines is 1. The van der Waals surface area contributed by atoms with Gasteiger partial charge in [0.05, 0.1) is 10.6 Å². The van der Waals surface area contributed by atoms with Crippen molar-refractivity contribution in [2.45, 2.75) is 6.42 Å². The van der Waals surface area contributed by atoms with Crippen LogP contribution in [0.15, 0.2) is 59.1 Å². The minimum Gasteiger partial charge on any atom is -0.282 e. The van der Waals surface area contributed by atoms with E-state index < -0.39 is 4.92 Å². The first-order chi connectivity index (χ1) is 10.6. The zero-order valence-electron chi connectivity index (χ0n) is 11.5. The number of nitrogens with one attached hydrogen (secondary N) is 1. The number of rotatable bonds is 4. The van der Waals surface area contributed by atoms with Crippen molar-refractivity contribution in [1.29, 1.82) is 0 Å². The highest BCUT2D eigenvalue weighted by molar-refractivity contribution is 9.10. The highest BCUT2D eigenvalue weighted by Crippen LogP contribution is 2.23. The van der Waals surface area contributed by atoms with Crippen molar-refractivity contribution in [3.8, 4) is 11.3 Å². The van der Waals surface area contributed by atoms with E-state index in [4.69, 9.17) is 0 Å². The van der Waals surface area contributed by atoms with E-state index in [1.807, 2.05) is 24.3 Å². The molecule has 22 heavy (non-hydrogen) atoms.